The van der Waals surface area contributed by atoms with E-state index in [0.29, 0.717) is 5.69 Å². The number of nitrogens with one attached hydrogen (secondary N) is 1. The molecule has 2 atom stereocenters. The summed E-state index contributed by atoms with van der Waals surface area (Å²) in [5.41, 5.74) is 1.81. The standard InChI is InChI=1S/C21H25N3O3/c1-2-10-23-11-9-14-12-15(7-8-18(14)23)22-19(25)13-24-20(26)16-5-3-4-6-17(16)21(24)27/h7-9,11-12,16-17H,2-6,10,13H2,1H3,(H,22,25). The highest BCUT2D eigenvalue weighted by Crippen LogP contribution is 2.37. The van der Waals surface area contributed by atoms with E-state index >= 15 is 0 Å². The van der Waals surface area contributed by atoms with Crippen molar-refractivity contribution in [3.8, 4) is 0 Å². The Hall–Kier alpha value is -2.63. The van der Waals surface area contributed by atoms with Gasteiger partial charge in [-0.15, -0.1) is 0 Å². The summed E-state index contributed by atoms with van der Waals surface area (Å²) in [5.74, 6) is -1.11. The van der Waals surface area contributed by atoms with Crippen LogP contribution in [-0.4, -0.2) is 33.7 Å². The number of hydrogen-bond acceptors (Lipinski definition) is 3. The molecule has 27 heavy (non-hydrogen) atoms. The molecule has 1 aromatic heterocycles. The lowest BCUT2D eigenvalue weighted by molar-refractivity contribution is -0.142. The number of carbonyl (C=O) groups excluding carboxylic acids is 3. The van der Waals surface area contributed by atoms with Gasteiger partial charge in [-0.25, -0.2) is 0 Å². The highest BCUT2D eigenvalue weighted by Gasteiger charge is 2.48. The van der Waals surface area contributed by atoms with Crippen LogP contribution in [0.15, 0.2) is 30.5 Å². The normalized spacial score (nSPS) is 22.3. The van der Waals surface area contributed by atoms with Gasteiger partial charge < -0.3 is 9.88 Å². The number of nitrogens with zero attached hydrogens (tertiary/aromatic N) is 2. The first-order valence-corrected chi connectivity index (χ1v) is 9.82. The van der Waals surface area contributed by atoms with Gasteiger partial charge in [-0.05, 0) is 43.5 Å². The molecule has 2 unspecified atom stereocenters. The molecule has 1 aromatic carbocycles. The average molecular weight is 367 g/mol. The number of benzene rings is 1. The van der Waals surface area contributed by atoms with Crippen LogP contribution in [0.3, 0.4) is 0 Å². The molecule has 1 saturated heterocycles. The van der Waals surface area contributed by atoms with Gasteiger partial charge in [0.15, 0.2) is 0 Å². The fourth-order valence-electron chi connectivity index (χ4n) is 4.44. The Morgan fingerprint density at radius 3 is 2.48 bits per heavy atom. The Labute approximate surface area is 158 Å². The minimum Gasteiger partial charge on any atom is -0.347 e. The SMILES string of the molecule is CCCn1ccc2cc(NC(=O)CN3C(=O)C4CCCCC4C3=O)ccc21. The van der Waals surface area contributed by atoms with Crippen molar-refractivity contribution in [2.24, 2.45) is 11.8 Å². The maximum Gasteiger partial charge on any atom is 0.244 e. The van der Waals surface area contributed by atoms with E-state index in [1.807, 2.05) is 30.5 Å². The summed E-state index contributed by atoms with van der Waals surface area (Å²) < 4.78 is 2.18. The van der Waals surface area contributed by atoms with E-state index in [0.717, 1.165) is 54.5 Å². The van der Waals surface area contributed by atoms with Gasteiger partial charge in [0.2, 0.25) is 17.7 Å². The van der Waals surface area contributed by atoms with Gasteiger partial charge >= 0.3 is 0 Å². The van der Waals surface area contributed by atoms with Gasteiger partial charge in [0.25, 0.3) is 0 Å². The van der Waals surface area contributed by atoms with Gasteiger partial charge in [0, 0.05) is 29.3 Å². The van der Waals surface area contributed by atoms with E-state index in [1.54, 1.807) is 0 Å². The second kappa shape index (κ2) is 7.18. The fourth-order valence-corrected chi connectivity index (χ4v) is 4.44. The Morgan fingerprint density at radius 1 is 1.11 bits per heavy atom. The highest BCUT2D eigenvalue weighted by atomic mass is 16.2. The smallest absolute Gasteiger partial charge is 0.244 e. The number of carbonyl (C=O) groups is 3. The van der Waals surface area contributed by atoms with Crippen LogP contribution in [0.25, 0.3) is 10.9 Å². The summed E-state index contributed by atoms with van der Waals surface area (Å²) in [7, 11) is 0. The molecule has 0 radical (unpaired) electrons. The maximum atomic E-state index is 12.5. The summed E-state index contributed by atoms with van der Waals surface area (Å²) >= 11 is 0. The lowest BCUT2D eigenvalue weighted by atomic mass is 9.81. The first-order chi connectivity index (χ1) is 13.1. The minimum absolute atomic E-state index is 0.174. The van der Waals surface area contributed by atoms with Crippen LogP contribution in [0, 0.1) is 11.8 Å². The van der Waals surface area contributed by atoms with Gasteiger partial charge in [-0.2, -0.15) is 0 Å². The number of anilines is 1. The van der Waals surface area contributed by atoms with Crippen molar-refractivity contribution >= 4 is 34.3 Å². The van der Waals surface area contributed by atoms with Crippen LogP contribution < -0.4 is 5.32 Å². The van der Waals surface area contributed by atoms with Gasteiger partial charge in [0.05, 0.1) is 11.8 Å². The zero-order valence-corrected chi connectivity index (χ0v) is 15.6. The zero-order valence-electron chi connectivity index (χ0n) is 15.6. The summed E-state index contributed by atoms with van der Waals surface area (Å²) in [4.78, 5) is 38.6. The number of likely N-dealkylation sites (tertiary alicyclic amines) is 1. The van der Waals surface area contributed by atoms with Crippen molar-refractivity contribution in [3.63, 3.8) is 0 Å². The van der Waals surface area contributed by atoms with Gasteiger partial charge in [-0.1, -0.05) is 19.8 Å². The van der Waals surface area contributed by atoms with E-state index in [1.165, 1.54) is 0 Å². The largest absolute Gasteiger partial charge is 0.347 e. The second-order valence-corrected chi connectivity index (χ2v) is 7.59. The lowest BCUT2D eigenvalue weighted by Crippen LogP contribution is -2.38. The predicted molar refractivity (Wildman–Crippen MR) is 103 cm³/mol. The quantitative estimate of drug-likeness (QED) is 0.825. The van der Waals surface area contributed by atoms with Gasteiger partial charge in [0.1, 0.15) is 6.54 Å². The summed E-state index contributed by atoms with van der Waals surface area (Å²) in [6.45, 7) is 2.90. The minimum atomic E-state index is -0.331. The maximum absolute atomic E-state index is 12.5. The average Bonchev–Trinajstić information content (AvgIpc) is 3.17. The Morgan fingerprint density at radius 2 is 1.81 bits per heavy atom. The molecule has 142 valence electrons. The molecule has 0 bridgehead atoms. The molecular formula is C21H25N3O3. The second-order valence-electron chi connectivity index (χ2n) is 7.59. The molecule has 1 aliphatic heterocycles. The number of aromatic nitrogens is 1. The highest BCUT2D eigenvalue weighted by molar-refractivity contribution is 6.08. The van der Waals surface area contributed by atoms with Crippen molar-refractivity contribution in [1.29, 1.82) is 0 Å². The van der Waals surface area contributed by atoms with Crippen LogP contribution in [-0.2, 0) is 20.9 Å². The number of aryl methyl sites for hydroxylation is 1. The summed E-state index contributed by atoms with van der Waals surface area (Å²) in [6, 6.07) is 7.80. The Balaban J connectivity index is 1.44. The molecule has 2 aliphatic rings. The lowest BCUT2D eigenvalue weighted by Gasteiger charge is -2.19. The van der Waals surface area contributed by atoms with Gasteiger partial charge in [-0.3, -0.25) is 19.3 Å². The van der Waals surface area contributed by atoms with Crippen LogP contribution >= 0.6 is 0 Å². The number of rotatable bonds is 5. The first kappa shape index (κ1) is 17.8. The van der Waals surface area contributed by atoms with E-state index in [4.69, 9.17) is 0 Å². The number of imide groups is 1. The number of hydrogen-bond donors (Lipinski definition) is 1. The van der Waals surface area contributed by atoms with E-state index in [9.17, 15) is 14.4 Å². The van der Waals surface area contributed by atoms with Crippen LogP contribution in [0.4, 0.5) is 5.69 Å². The molecule has 6 nitrogen and oxygen atoms in total. The number of amides is 3. The van der Waals surface area contributed by atoms with Crippen LogP contribution in [0.2, 0.25) is 0 Å². The van der Waals surface area contributed by atoms with Crippen LogP contribution in [0.5, 0.6) is 0 Å². The fraction of sp³-hybridized carbons (Fsp3) is 0.476. The third-order valence-corrected chi connectivity index (χ3v) is 5.75. The molecule has 2 heterocycles. The Bertz CT molecular complexity index is 877. The summed E-state index contributed by atoms with van der Waals surface area (Å²) in [5, 5.41) is 3.89. The topological polar surface area (TPSA) is 71.4 Å². The van der Waals surface area contributed by atoms with E-state index in [2.05, 4.69) is 16.8 Å². The first-order valence-electron chi connectivity index (χ1n) is 9.82. The molecule has 6 heteroatoms. The molecule has 1 N–H and O–H groups in total. The van der Waals surface area contributed by atoms with Crippen molar-refractivity contribution in [3.05, 3.63) is 30.5 Å². The van der Waals surface area contributed by atoms with Crippen LogP contribution in [0.1, 0.15) is 39.0 Å². The molecule has 2 aromatic rings. The van der Waals surface area contributed by atoms with Crippen molar-refractivity contribution in [2.75, 3.05) is 11.9 Å². The zero-order chi connectivity index (χ0) is 19.0. The summed E-state index contributed by atoms with van der Waals surface area (Å²) in [6.07, 6.45) is 6.60. The van der Waals surface area contributed by atoms with Crippen molar-refractivity contribution < 1.29 is 14.4 Å². The third-order valence-electron chi connectivity index (χ3n) is 5.75. The van der Waals surface area contributed by atoms with Crippen molar-refractivity contribution in [2.45, 2.75) is 45.6 Å². The molecule has 1 saturated carbocycles. The predicted octanol–water partition coefficient (Wildman–Crippen LogP) is 3.17. The molecule has 1 aliphatic carbocycles. The molecule has 2 fully saturated rings. The van der Waals surface area contributed by atoms with E-state index in [-0.39, 0.29) is 36.1 Å². The molecule has 0 spiro atoms. The third kappa shape index (κ3) is 3.24. The molecule has 4 rings (SSSR count). The Kier molecular flexibility index (Phi) is 4.72. The van der Waals surface area contributed by atoms with E-state index < -0.39 is 0 Å². The molecule has 3 amide bonds. The molecular weight excluding hydrogens is 342 g/mol. The number of fused-ring (bicyclic) bond motifs is 2. The van der Waals surface area contributed by atoms with Crippen molar-refractivity contribution in [1.82, 2.24) is 9.47 Å². The monoisotopic (exact) mass is 367 g/mol.